The molecule has 5 nitrogen and oxygen atoms in total. The molecule has 0 spiro atoms. The molecule has 0 unspecified atom stereocenters. The third kappa shape index (κ3) is 6.14. The minimum atomic E-state index is 0.572. The van der Waals surface area contributed by atoms with Gasteiger partial charge in [0.1, 0.15) is 11.2 Å². The summed E-state index contributed by atoms with van der Waals surface area (Å²) >= 11 is 0. The average Bonchev–Trinajstić information content (AvgIpc) is 3.96. The van der Waals surface area contributed by atoms with E-state index in [2.05, 4.69) is 217 Å². The summed E-state index contributed by atoms with van der Waals surface area (Å²) in [5.74, 6) is 1.76. The number of rotatable bonds is 6. The normalized spacial score (nSPS) is 11.8. The summed E-state index contributed by atoms with van der Waals surface area (Å²) in [6.07, 6.45) is 0. The molecule has 14 aromatic rings. The Labute approximate surface area is 390 Å². The first-order valence-electron chi connectivity index (χ1n) is 23.0. The van der Waals surface area contributed by atoms with Crippen LogP contribution in [0.5, 0.6) is 0 Å². The van der Waals surface area contributed by atoms with E-state index < -0.39 is 0 Å². The van der Waals surface area contributed by atoms with Crippen LogP contribution in [0.3, 0.4) is 0 Å². The van der Waals surface area contributed by atoms with Crippen molar-refractivity contribution in [2.24, 2.45) is 0 Å². The molecule has 14 rings (SSSR count). The molecule has 316 valence electrons. The Bertz CT molecular complexity index is 4220. The largest absolute Gasteiger partial charge is 0.456 e. The number of fused-ring (bicyclic) bond motifs is 11. The first-order valence-corrected chi connectivity index (χ1v) is 23.0. The predicted octanol–water partition coefficient (Wildman–Crippen LogP) is 16.7. The predicted molar refractivity (Wildman–Crippen MR) is 281 cm³/mol. The molecule has 3 heterocycles. The highest BCUT2D eigenvalue weighted by Crippen LogP contribution is 2.43. The topological polar surface area (TPSA) is 56.7 Å². The molecule has 0 saturated heterocycles. The lowest BCUT2D eigenvalue weighted by atomic mass is 9.99. The quantitative estimate of drug-likeness (QED) is 0.167. The van der Waals surface area contributed by atoms with E-state index in [0.29, 0.717) is 17.5 Å². The second-order valence-electron chi connectivity index (χ2n) is 17.6. The summed E-state index contributed by atoms with van der Waals surface area (Å²) in [5.41, 5.74) is 12.1. The molecule has 0 aliphatic heterocycles. The third-order valence-electron chi connectivity index (χ3n) is 13.6. The summed E-state index contributed by atoms with van der Waals surface area (Å²) in [6.45, 7) is 0. The number of hydrogen-bond donors (Lipinski definition) is 0. The molecule has 0 aliphatic carbocycles. The Morgan fingerprint density at radius 2 is 0.853 bits per heavy atom. The van der Waals surface area contributed by atoms with Crippen LogP contribution < -0.4 is 0 Å². The Hall–Kier alpha value is -9.19. The Kier molecular flexibility index (Phi) is 8.52. The number of nitrogens with zero attached hydrogens (tertiary/aromatic N) is 4. The van der Waals surface area contributed by atoms with Gasteiger partial charge in [0.2, 0.25) is 0 Å². The maximum absolute atomic E-state index is 6.78. The van der Waals surface area contributed by atoms with Gasteiger partial charge in [-0.15, -0.1) is 0 Å². The molecule has 0 N–H and O–H groups in total. The van der Waals surface area contributed by atoms with Gasteiger partial charge in [0, 0.05) is 49.3 Å². The van der Waals surface area contributed by atoms with Crippen LogP contribution in [0.4, 0.5) is 0 Å². The molecule has 0 fully saturated rings. The van der Waals surface area contributed by atoms with Gasteiger partial charge < -0.3 is 8.98 Å². The first-order chi connectivity index (χ1) is 33.7. The summed E-state index contributed by atoms with van der Waals surface area (Å²) in [6, 6.07) is 81.7. The van der Waals surface area contributed by atoms with Crippen molar-refractivity contribution < 1.29 is 4.42 Å². The fourth-order valence-electron chi connectivity index (χ4n) is 10.4. The van der Waals surface area contributed by atoms with Gasteiger partial charge in [-0.1, -0.05) is 182 Å². The summed E-state index contributed by atoms with van der Waals surface area (Å²) < 4.78 is 9.24. The van der Waals surface area contributed by atoms with Gasteiger partial charge in [-0.25, -0.2) is 15.0 Å². The van der Waals surface area contributed by atoms with Gasteiger partial charge >= 0.3 is 0 Å². The number of hydrogen-bond acceptors (Lipinski definition) is 4. The van der Waals surface area contributed by atoms with Gasteiger partial charge in [-0.2, -0.15) is 0 Å². The van der Waals surface area contributed by atoms with Crippen LogP contribution in [0.1, 0.15) is 0 Å². The second-order valence-corrected chi connectivity index (χ2v) is 17.6. The molecule has 0 saturated carbocycles. The fourth-order valence-corrected chi connectivity index (χ4v) is 10.4. The maximum atomic E-state index is 6.78. The Morgan fingerprint density at radius 1 is 0.309 bits per heavy atom. The van der Waals surface area contributed by atoms with Crippen LogP contribution in [0.15, 0.2) is 235 Å². The minimum absolute atomic E-state index is 0.572. The second kappa shape index (κ2) is 15.2. The van der Waals surface area contributed by atoms with E-state index in [1.54, 1.807) is 0 Å². The molecule has 0 amide bonds. The van der Waals surface area contributed by atoms with Crippen molar-refractivity contribution in [1.29, 1.82) is 0 Å². The van der Waals surface area contributed by atoms with Crippen LogP contribution in [-0.2, 0) is 0 Å². The van der Waals surface area contributed by atoms with Crippen molar-refractivity contribution in [2.75, 3.05) is 0 Å². The lowest BCUT2D eigenvalue weighted by molar-refractivity contribution is 0.669. The summed E-state index contributed by atoms with van der Waals surface area (Å²) in [4.78, 5) is 15.9. The molecule has 68 heavy (non-hydrogen) atoms. The van der Waals surface area contributed by atoms with Crippen molar-refractivity contribution in [3.63, 3.8) is 0 Å². The van der Waals surface area contributed by atoms with E-state index in [-0.39, 0.29) is 0 Å². The van der Waals surface area contributed by atoms with Crippen LogP contribution >= 0.6 is 0 Å². The van der Waals surface area contributed by atoms with Crippen molar-refractivity contribution in [3.8, 4) is 62.1 Å². The molecule has 5 heteroatoms. The molecular formula is C63H38N4O. The lowest BCUT2D eigenvalue weighted by Gasteiger charge is -2.13. The van der Waals surface area contributed by atoms with Crippen LogP contribution in [0, 0.1) is 0 Å². The van der Waals surface area contributed by atoms with E-state index in [1.807, 2.05) is 18.2 Å². The zero-order valence-electron chi connectivity index (χ0n) is 36.6. The molecule has 3 aromatic heterocycles. The van der Waals surface area contributed by atoms with Crippen LogP contribution in [0.2, 0.25) is 0 Å². The van der Waals surface area contributed by atoms with Crippen molar-refractivity contribution >= 4 is 76.1 Å². The molecule has 0 radical (unpaired) electrons. The van der Waals surface area contributed by atoms with Crippen LogP contribution in [-0.4, -0.2) is 19.5 Å². The van der Waals surface area contributed by atoms with E-state index in [9.17, 15) is 0 Å². The maximum Gasteiger partial charge on any atom is 0.164 e. The standard InChI is InChI=1S/C63H38N4O/c1-3-14-39(15-4-1)43-21-11-23-47(34-43)61-64-62(48-24-12-22-44(35-48)40-16-5-2-6-17-40)66-63(65-61)52-26-13-27-56-58(52)59-53-38-49(31-28-42(53)30-33-57(59)68-56)67-55-37-46-20-8-7-19-45(46)36-54(55)51-32-29-41-18-9-10-25-50(41)60(51)67/h1-38H. The molecule has 0 atom stereocenters. The zero-order valence-corrected chi connectivity index (χ0v) is 36.6. The average molecular weight is 867 g/mol. The SMILES string of the molecule is c1ccc(-c2cccc(-c3nc(-c4cccc(-c5ccccc5)c4)nc(-c4cccc5oc6ccc7ccc(-n8c9cc%10ccccc%10cc9c9ccc%10ccccc%10c98)cc7c6c45)n3)c2)cc1. The van der Waals surface area contributed by atoms with Crippen molar-refractivity contribution in [3.05, 3.63) is 231 Å². The van der Waals surface area contributed by atoms with Gasteiger partial charge in [0.05, 0.1) is 11.0 Å². The third-order valence-corrected chi connectivity index (χ3v) is 13.6. The number of aromatic nitrogens is 4. The highest BCUT2D eigenvalue weighted by Gasteiger charge is 2.22. The summed E-state index contributed by atoms with van der Waals surface area (Å²) in [5, 5.41) is 11.5. The first kappa shape index (κ1) is 38.1. The Morgan fingerprint density at radius 3 is 1.57 bits per heavy atom. The van der Waals surface area contributed by atoms with Crippen molar-refractivity contribution in [2.45, 2.75) is 0 Å². The number of furan rings is 1. The summed E-state index contributed by atoms with van der Waals surface area (Å²) in [7, 11) is 0. The zero-order chi connectivity index (χ0) is 44.7. The minimum Gasteiger partial charge on any atom is -0.456 e. The lowest BCUT2D eigenvalue weighted by Crippen LogP contribution is -2.01. The monoisotopic (exact) mass is 866 g/mol. The van der Waals surface area contributed by atoms with Gasteiger partial charge in [-0.05, 0) is 97.7 Å². The highest BCUT2D eigenvalue weighted by molar-refractivity contribution is 6.24. The smallest absolute Gasteiger partial charge is 0.164 e. The van der Waals surface area contributed by atoms with E-state index in [1.165, 1.54) is 37.8 Å². The molecule has 0 bridgehead atoms. The van der Waals surface area contributed by atoms with Gasteiger partial charge in [0.25, 0.3) is 0 Å². The number of benzene rings is 11. The van der Waals surface area contributed by atoms with E-state index >= 15 is 0 Å². The Balaban J connectivity index is 1.02. The molecule has 0 aliphatic rings. The highest BCUT2D eigenvalue weighted by atomic mass is 16.3. The van der Waals surface area contributed by atoms with Crippen LogP contribution in [0.25, 0.3) is 138 Å². The van der Waals surface area contributed by atoms with Crippen molar-refractivity contribution in [1.82, 2.24) is 19.5 Å². The van der Waals surface area contributed by atoms with E-state index in [0.717, 1.165) is 82.9 Å². The molecular weight excluding hydrogens is 829 g/mol. The van der Waals surface area contributed by atoms with Gasteiger partial charge in [-0.3, -0.25) is 0 Å². The fraction of sp³-hybridized carbons (Fsp3) is 0. The van der Waals surface area contributed by atoms with E-state index in [4.69, 9.17) is 19.4 Å². The molecule has 11 aromatic carbocycles. The van der Waals surface area contributed by atoms with Gasteiger partial charge in [0.15, 0.2) is 17.5 Å².